The molecule has 1 aromatic carbocycles. The van der Waals surface area contributed by atoms with E-state index in [4.69, 9.17) is 10.00 Å². The van der Waals surface area contributed by atoms with Gasteiger partial charge >= 0.3 is 0 Å². The molecule has 2 rings (SSSR count). The van der Waals surface area contributed by atoms with Crippen LogP contribution in [0.4, 0.5) is 14.5 Å². The van der Waals surface area contributed by atoms with Crippen LogP contribution in [0.5, 0.6) is 5.75 Å². The van der Waals surface area contributed by atoms with Gasteiger partial charge in [0, 0.05) is 0 Å². The molecule has 0 unspecified atom stereocenters. The van der Waals surface area contributed by atoms with Crippen LogP contribution in [0.25, 0.3) is 0 Å². The van der Waals surface area contributed by atoms with E-state index in [9.17, 15) is 13.6 Å². The first kappa shape index (κ1) is 9.40. The minimum Gasteiger partial charge on any atom is -0.478 e. The Morgan fingerprint density at radius 3 is 2.87 bits per heavy atom. The highest BCUT2D eigenvalue weighted by Gasteiger charge is 2.24. The molecule has 15 heavy (non-hydrogen) atoms. The maximum Gasteiger partial charge on any atom is 0.262 e. The minimum atomic E-state index is -1.27. The fourth-order valence-corrected chi connectivity index (χ4v) is 1.25. The van der Waals surface area contributed by atoms with E-state index in [-0.39, 0.29) is 18.0 Å². The van der Waals surface area contributed by atoms with Gasteiger partial charge < -0.3 is 10.1 Å². The predicted molar refractivity (Wildman–Crippen MR) is 45.2 cm³/mol. The van der Waals surface area contributed by atoms with Gasteiger partial charge in [0.1, 0.15) is 6.07 Å². The monoisotopic (exact) mass is 210 g/mol. The zero-order valence-electron chi connectivity index (χ0n) is 7.30. The number of amides is 1. The van der Waals surface area contributed by atoms with Crippen molar-refractivity contribution in [2.45, 2.75) is 0 Å². The normalized spacial score (nSPS) is 13.5. The topological polar surface area (TPSA) is 62.1 Å². The first-order chi connectivity index (χ1) is 7.13. The van der Waals surface area contributed by atoms with Gasteiger partial charge in [0.05, 0.1) is 11.3 Å². The average Bonchev–Trinajstić information content (AvgIpc) is 2.23. The van der Waals surface area contributed by atoms with Crippen LogP contribution < -0.4 is 10.1 Å². The van der Waals surface area contributed by atoms with Crippen molar-refractivity contribution in [3.8, 4) is 11.8 Å². The number of carbonyl (C=O) groups excluding carboxylic acids is 1. The highest BCUT2D eigenvalue weighted by atomic mass is 19.2. The van der Waals surface area contributed by atoms with E-state index in [1.165, 1.54) is 6.07 Å². The molecule has 0 aromatic heterocycles. The summed E-state index contributed by atoms with van der Waals surface area (Å²) < 4.78 is 31.1. The van der Waals surface area contributed by atoms with Crippen molar-refractivity contribution in [3.63, 3.8) is 0 Å². The number of hydrogen-bond acceptors (Lipinski definition) is 3. The fraction of sp³-hybridized carbons (Fsp3) is 0.111. The van der Waals surface area contributed by atoms with Gasteiger partial charge in [0.15, 0.2) is 18.2 Å². The Balaban J connectivity index is 2.64. The predicted octanol–water partition coefficient (Wildman–Crippen LogP) is 1.17. The van der Waals surface area contributed by atoms with E-state index >= 15 is 0 Å². The summed E-state index contributed by atoms with van der Waals surface area (Å²) in [5.41, 5.74) is -0.501. The van der Waals surface area contributed by atoms with Crippen molar-refractivity contribution in [2.75, 3.05) is 11.9 Å². The second kappa shape index (κ2) is 3.20. The first-order valence-electron chi connectivity index (χ1n) is 3.98. The van der Waals surface area contributed by atoms with Gasteiger partial charge in [-0.2, -0.15) is 9.65 Å². The summed E-state index contributed by atoms with van der Waals surface area (Å²) in [5.74, 6) is -3.38. The summed E-state index contributed by atoms with van der Waals surface area (Å²) in [4.78, 5) is 10.9. The van der Waals surface area contributed by atoms with E-state index in [2.05, 4.69) is 5.32 Å². The molecule has 4 nitrogen and oxygen atoms in total. The molecule has 0 bridgehead atoms. The van der Waals surface area contributed by atoms with E-state index in [0.29, 0.717) is 0 Å². The average molecular weight is 210 g/mol. The highest BCUT2D eigenvalue weighted by Crippen LogP contribution is 2.33. The van der Waals surface area contributed by atoms with E-state index in [1.54, 1.807) is 0 Å². The molecule has 0 aliphatic carbocycles. The van der Waals surface area contributed by atoms with Gasteiger partial charge in [0.2, 0.25) is 5.82 Å². The zero-order chi connectivity index (χ0) is 11.0. The Labute approximate surface area is 83.1 Å². The number of ether oxygens (including phenoxy) is 1. The lowest BCUT2D eigenvalue weighted by molar-refractivity contribution is -0.118. The smallest absolute Gasteiger partial charge is 0.262 e. The van der Waals surface area contributed by atoms with Crippen LogP contribution in [0.3, 0.4) is 0 Å². The molecule has 76 valence electrons. The number of hydrogen-bond donors (Lipinski definition) is 1. The van der Waals surface area contributed by atoms with Crippen LogP contribution >= 0.6 is 0 Å². The third-order valence-electron chi connectivity index (χ3n) is 1.90. The van der Waals surface area contributed by atoms with Crippen molar-refractivity contribution < 1.29 is 18.3 Å². The molecule has 6 heteroatoms. The Hall–Kier alpha value is -2.16. The Morgan fingerprint density at radius 1 is 1.47 bits per heavy atom. The number of rotatable bonds is 0. The number of fused-ring (bicyclic) bond motifs is 1. The molecule has 0 radical (unpaired) electrons. The first-order valence-corrected chi connectivity index (χ1v) is 3.98. The van der Waals surface area contributed by atoms with Crippen LogP contribution in [-0.2, 0) is 4.79 Å². The molecule has 0 atom stereocenters. The lowest BCUT2D eigenvalue weighted by Crippen LogP contribution is -2.26. The number of carbonyl (C=O) groups is 1. The molecule has 1 aliphatic rings. The SMILES string of the molecule is N#Cc1cc2c(c(F)c1F)OCC(=O)N2. The van der Waals surface area contributed by atoms with Crippen molar-refractivity contribution in [1.82, 2.24) is 0 Å². The summed E-state index contributed by atoms with van der Waals surface area (Å²) in [6.07, 6.45) is 0. The number of anilines is 1. The van der Waals surface area contributed by atoms with Gasteiger partial charge in [-0.05, 0) is 6.07 Å². The summed E-state index contributed by atoms with van der Waals surface area (Å²) in [6, 6.07) is 2.51. The molecule has 1 amide bonds. The molecule has 0 spiro atoms. The molecule has 1 N–H and O–H groups in total. The van der Waals surface area contributed by atoms with Crippen LogP contribution in [0.1, 0.15) is 5.56 Å². The molecule has 1 aromatic rings. The lowest BCUT2D eigenvalue weighted by atomic mass is 10.1. The van der Waals surface area contributed by atoms with Crippen LogP contribution in [-0.4, -0.2) is 12.5 Å². The number of benzene rings is 1. The van der Waals surface area contributed by atoms with E-state index in [0.717, 1.165) is 6.07 Å². The Kier molecular flexibility index (Phi) is 2.01. The largest absolute Gasteiger partial charge is 0.478 e. The Bertz CT molecular complexity index is 494. The number of nitriles is 1. The summed E-state index contributed by atoms with van der Waals surface area (Å²) in [7, 11) is 0. The van der Waals surface area contributed by atoms with Gasteiger partial charge in [0.25, 0.3) is 5.91 Å². The second-order valence-electron chi connectivity index (χ2n) is 2.88. The molecule has 1 heterocycles. The van der Waals surface area contributed by atoms with Gasteiger partial charge in [-0.3, -0.25) is 4.79 Å². The number of nitrogens with zero attached hydrogens (tertiary/aromatic N) is 1. The van der Waals surface area contributed by atoms with Gasteiger partial charge in [-0.25, -0.2) is 4.39 Å². The Morgan fingerprint density at radius 2 is 2.20 bits per heavy atom. The van der Waals surface area contributed by atoms with E-state index in [1.807, 2.05) is 0 Å². The maximum atomic E-state index is 13.3. The van der Waals surface area contributed by atoms with Crippen LogP contribution in [0.15, 0.2) is 6.07 Å². The standard InChI is InChI=1S/C9H4F2N2O2/c10-7-4(2-12)1-5-9(8(7)11)15-3-6(14)13-5/h1H,3H2,(H,13,14). The minimum absolute atomic E-state index is 0.0262. The van der Waals surface area contributed by atoms with Crippen molar-refractivity contribution in [2.24, 2.45) is 0 Å². The van der Waals surface area contributed by atoms with Crippen molar-refractivity contribution in [1.29, 1.82) is 5.26 Å². The molecular weight excluding hydrogens is 206 g/mol. The fourth-order valence-electron chi connectivity index (χ4n) is 1.25. The quantitative estimate of drug-likeness (QED) is 0.699. The van der Waals surface area contributed by atoms with Crippen LogP contribution in [0.2, 0.25) is 0 Å². The molecule has 1 aliphatic heterocycles. The molecule has 0 saturated heterocycles. The number of nitrogens with one attached hydrogen (secondary N) is 1. The summed E-state index contributed by atoms with van der Waals surface area (Å²) in [5, 5.41) is 10.8. The molecular formula is C9H4F2N2O2. The van der Waals surface area contributed by atoms with Gasteiger partial charge in [-0.15, -0.1) is 0 Å². The molecule has 0 saturated carbocycles. The van der Waals surface area contributed by atoms with Crippen molar-refractivity contribution >= 4 is 11.6 Å². The summed E-state index contributed by atoms with van der Waals surface area (Å²) >= 11 is 0. The van der Waals surface area contributed by atoms with Crippen LogP contribution in [0, 0.1) is 23.0 Å². The number of halogens is 2. The third-order valence-corrected chi connectivity index (χ3v) is 1.90. The third kappa shape index (κ3) is 1.38. The van der Waals surface area contributed by atoms with E-state index < -0.39 is 23.1 Å². The lowest BCUT2D eigenvalue weighted by Gasteiger charge is -2.18. The second-order valence-corrected chi connectivity index (χ2v) is 2.88. The molecule has 0 fully saturated rings. The highest BCUT2D eigenvalue weighted by molar-refractivity contribution is 5.95. The zero-order valence-corrected chi connectivity index (χ0v) is 7.30. The van der Waals surface area contributed by atoms with Gasteiger partial charge in [-0.1, -0.05) is 0 Å². The maximum absolute atomic E-state index is 13.3. The van der Waals surface area contributed by atoms with Crippen molar-refractivity contribution in [3.05, 3.63) is 23.3 Å². The summed E-state index contributed by atoms with van der Waals surface area (Å²) in [6.45, 7) is -0.366.